The highest BCUT2D eigenvalue weighted by atomic mass is 15.1. The molecule has 5 rings (SSSR count). The lowest BCUT2D eigenvalue weighted by Crippen LogP contribution is -2.14. The zero-order chi connectivity index (χ0) is 30.2. The quantitative estimate of drug-likeness (QED) is 0.124. The molecule has 0 aliphatic rings. The Labute approximate surface area is 256 Å². The van der Waals surface area contributed by atoms with Crippen LogP contribution in [-0.2, 0) is 0 Å². The number of anilines is 5. The van der Waals surface area contributed by atoms with Crippen molar-refractivity contribution in [1.82, 2.24) is 0 Å². The molecule has 0 aromatic heterocycles. The van der Waals surface area contributed by atoms with Gasteiger partial charge in [0.25, 0.3) is 0 Å². The Morgan fingerprint density at radius 3 is 1.14 bits per heavy atom. The SMILES string of the molecule is C=C/C=C(\C=C)N(c1ccc(C)cc1)c1ccc(/C=C/c2ccc(N(c3ccc(C)cc3)c3ccc(C)cc3)cc2)cc1. The maximum Gasteiger partial charge on any atom is 0.0462 e. The van der Waals surface area contributed by atoms with E-state index in [1.165, 1.54) is 16.7 Å². The van der Waals surface area contributed by atoms with Crippen LogP contribution in [0.1, 0.15) is 27.8 Å². The largest absolute Gasteiger partial charge is 0.311 e. The van der Waals surface area contributed by atoms with Gasteiger partial charge in [0, 0.05) is 34.1 Å². The molecule has 43 heavy (non-hydrogen) atoms. The molecular weight excluding hydrogens is 520 g/mol. The van der Waals surface area contributed by atoms with E-state index in [2.05, 4.69) is 177 Å². The van der Waals surface area contributed by atoms with E-state index in [0.717, 1.165) is 45.3 Å². The molecule has 0 spiro atoms. The highest BCUT2D eigenvalue weighted by Gasteiger charge is 2.13. The fourth-order valence-electron chi connectivity index (χ4n) is 4.99. The van der Waals surface area contributed by atoms with Crippen LogP contribution >= 0.6 is 0 Å². The van der Waals surface area contributed by atoms with Gasteiger partial charge in [0.1, 0.15) is 0 Å². The lowest BCUT2D eigenvalue weighted by atomic mass is 10.1. The zero-order valence-electron chi connectivity index (χ0n) is 25.2. The number of rotatable bonds is 10. The van der Waals surface area contributed by atoms with Crippen molar-refractivity contribution < 1.29 is 0 Å². The third-order valence-corrected chi connectivity index (χ3v) is 7.40. The summed E-state index contributed by atoms with van der Waals surface area (Å²) in [6.45, 7) is 14.3. The van der Waals surface area contributed by atoms with Crippen molar-refractivity contribution >= 4 is 40.6 Å². The van der Waals surface area contributed by atoms with Gasteiger partial charge in [0.2, 0.25) is 0 Å². The Morgan fingerprint density at radius 2 is 0.791 bits per heavy atom. The van der Waals surface area contributed by atoms with E-state index < -0.39 is 0 Å². The van der Waals surface area contributed by atoms with Crippen LogP contribution in [0.15, 0.2) is 158 Å². The highest BCUT2D eigenvalue weighted by molar-refractivity contribution is 5.79. The number of allylic oxidation sites excluding steroid dienone is 3. The maximum absolute atomic E-state index is 4.04. The summed E-state index contributed by atoms with van der Waals surface area (Å²) in [4.78, 5) is 4.48. The highest BCUT2D eigenvalue weighted by Crippen LogP contribution is 2.35. The van der Waals surface area contributed by atoms with Crippen molar-refractivity contribution in [2.75, 3.05) is 9.80 Å². The molecule has 0 atom stereocenters. The summed E-state index contributed by atoms with van der Waals surface area (Å²) in [5.41, 5.74) is 12.5. The molecule has 0 aliphatic heterocycles. The molecule has 2 heteroatoms. The minimum Gasteiger partial charge on any atom is -0.311 e. The van der Waals surface area contributed by atoms with Gasteiger partial charge in [-0.15, -0.1) is 0 Å². The number of benzene rings is 5. The molecule has 5 aromatic rings. The van der Waals surface area contributed by atoms with Crippen molar-refractivity contribution in [3.8, 4) is 0 Å². The Bertz CT molecular complexity index is 1670. The van der Waals surface area contributed by atoms with Crippen molar-refractivity contribution in [2.45, 2.75) is 20.8 Å². The van der Waals surface area contributed by atoms with Crippen LogP contribution in [0.3, 0.4) is 0 Å². The van der Waals surface area contributed by atoms with Crippen molar-refractivity contribution in [1.29, 1.82) is 0 Å². The molecule has 0 heterocycles. The molecule has 0 saturated carbocycles. The summed E-state index contributed by atoms with van der Waals surface area (Å²) in [5.74, 6) is 0. The summed E-state index contributed by atoms with van der Waals surface area (Å²) in [6.07, 6.45) is 9.94. The Morgan fingerprint density at radius 1 is 0.465 bits per heavy atom. The first-order valence-corrected chi connectivity index (χ1v) is 14.6. The molecule has 212 valence electrons. The third-order valence-electron chi connectivity index (χ3n) is 7.40. The molecule has 5 aromatic carbocycles. The standard InChI is InChI=1S/C41H38N2/c1-6-8-36(7-2)42(37-21-9-31(3)10-22-37)40-27-17-34(18-28-40)15-16-35-19-29-41(30-20-35)43(38-23-11-32(4)12-24-38)39-25-13-33(5)14-26-39/h6-30H,1-2H2,3-5H3/b16-15+,36-8+. The average molecular weight is 559 g/mol. The number of hydrogen-bond donors (Lipinski definition) is 0. The fraction of sp³-hybridized carbons (Fsp3) is 0.0732. The van der Waals surface area contributed by atoms with E-state index in [9.17, 15) is 0 Å². The molecule has 0 unspecified atom stereocenters. The Hall–Kier alpha value is -5.34. The fourth-order valence-corrected chi connectivity index (χ4v) is 4.99. The van der Waals surface area contributed by atoms with Gasteiger partial charge in [-0.1, -0.05) is 109 Å². The van der Waals surface area contributed by atoms with E-state index in [-0.39, 0.29) is 0 Å². The molecule has 0 aliphatic carbocycles. The van der Waals surface area contributed by atoms with Gasteiger partial charge in [-0.25, -0.2) is 0 Å². The first-order valence-electron chi connectivity index (χ1n) is 14.6. The van der Waals surface area contributed by atoms with Gasteiger partial charge >= 0.3 is 0 Å². The second-order valence-corrected chi connectivity index (χ2v) is 10.7. The van der Waals surface area contributed by atoms with Gasteiger partial charge in [0.05, 0.1) is 0 Å². The summed E-state index contributed by atoms with van der Waals surface area (Å²) in [6, 6.07) is 43.2. The number of nitrogens with zero attached hydrogens (tertiary/aromatic N) is 2. The second kappa shape index (κ2) is 13.5. The topological polar surface area (TPSA) is 6.48 Å². The first kappa shape index (κ1) is 29.2. The zero-order valence-corrected chi connectivity index (χ0v) is 25.2. The molecule has 0 fully saturated rings. The summed E-state index contributed by atoms with van der Waals surface area (Å²) < 4.78 is 0. The van der Waals surface area contributed by atoms with Crippen LogP contribution in [0.2, 0.25) is 0 Å². The summed E-state index contributed by atoms with van der Waals surface area (Å²) in [5, 5.41) is 0. The predicted molar refractivity (Wildman–Crippen MR) is 188 cm³/mol. The molecule has 0 N–H and O–H groups in total. The van der Waals surface area contributed by atoms with Crippen LogP contribution in [0, 0.1) is 20.8 Å². The lowest BCUT2D eigenvalue weighted by Gasteiger charge is -2.26. The van der Waals surface area contributed by atoms with Crippen LogP contribution in [0.25, 0.3) is 12.2 Å². The van der Waals surface area contributed by atoms with Gasteiger partial charge in [-0.05, 0) is 105 Å². The smallest absolute Gasteiger partial charge is 0.0462 e. The minimum atomic E-state index is 0.965. The maximum atomic E-state index is 4.04. The number of hydrogen-bond acceptors (Lipinski definition) is 2. The van der Waals surface area contributed by atoms with Crippen molar-refractivity contribution in [2.24, 2.45) is 0 Å². The van der Waals surface area contributed by atoms with E-state index in [0.29, 0.717) is 0 Å². The molecule has 0 bridgehead atoms. The van der Waals surface area contributed by atoms with E-state index >= 15 is 0 Å². The molecule has 0 amide bonds. The van der Waals surface area contributed by atoms with Crippen LogP contribution in [0.5, 0.6) is 0 Å². The molecule has 0 saturated heterocycles. The van der Waals surface area contributed by atoms with Gasteiger partial charge in [-0.3, -0.25) is 0 Å². The normalized spacial score (nSPS) is 11.4. The molecular formula is C41H38N2. The van der Waals surface area contributed by atoms with Gasteiger partial charge < -0.3 is 9.80 Å². The average Bonchev–Trinajstić information content (AvgIpc) is 3.04. The third kappa shape index (κ3) is 7.12. The van der Waals surface area contributed by atoms with Gasteiger partial charge in [0.15, 0.2) is 0 Å². The van der Waals surface area contributed by atoms with Crippen LogP contribution in [0.4, 0.5) is 28.4 Å². The minimum absolute atomic E-state index is 0.965. The Balaban J connectivity index is 1.38. The van der Waals surface area contributed by atoms with Crippen LogP contribution < -0.4 is 9.80 Å². The molecule has 0 radical (unpaired) electrons. The Kier molecular flexibility index (Phi) is 9.19. The van der Waals surface area contributed by atoms with E-state index in [1.54, 1.807) is 6.08 Å². The monoisotopic (exact) mass is 558 g/mol. The summed E-state index contributed by atoms with van der Waals surface area (Å²) in [7, 11) is 0. The predicted octanol–water partition coefficient (Wildman–Crippen LogP) is 11.6. The van der Waals surface area contributed by atoms with E-state index in [4.69, 9.17) is 0 Å². The van der Waals surface area contributed by atoms with Gasteiger partial charge in [-0.2, -0.15) is 0 Å². The summed E-state index contributed by atoms with van der Waals surface area (Å²) >= 11 is 0. The lowest BCUT2D eigenvalue weighted by molar-refractivity contribution is 1.21. The molecule has 2 nitrogen and oxygen atoms in total. The number of aryl methyl sites for hydroxylation is 3. The van der Waals surface area contributed by atoms with Crippen molar-refractivity contribution in [3.05, 3.63) is 186 Å². The first-order chi connectivity index (χ1) is 20.9. The van der Waals surface area contributed by atoms with Crippen LogP contribution in [-0.4, -0.2) is 0 Å². The van der Waals surface area contributed by atoms with Crippen molar-refractivity contribution in [3.63, 3.8) is 0 Å². The van der Waals surface area contributed by atoms with E-state index in [1.807, 2.05) is 12.2 Å². The second-order valence-electron chi connectivity index (χ2n) is 10.7.